The van der Waals surface area contributed by atoms with E-state index in [-0.39, 0.29) is 0 Å². The Morgan fingerprint density at radius 3 is 0.390 bits per heavy atom. The summed E-state index contributed by atoms with van der Waals surface area (Å²) in [6, 6.07) is 92.0. The fourth-order valence-corrected chi connectivity index (χ4v) is 17.1. The Labute approximate surface area is 570 Å². The predicted molar refractivity (Wildman–Crippen MR) is 392 cm³/mol. The third-order valence-corrected chi connectivity index (χ3v) is 21.3. The van der Waals surface area contributed by atoms with Crippen molar-refractivity contribution in [2.24, 2.45) is 0 Å². The van der Waals surface area contributed by atoms with Crippen LogP contribution in [-0.4, -0.2) is 19.6 Å². The van der Waals surface area contributed by atoms with Gasteiger partial charge in [0.05, 0.1) is 0 Å². The van der Waals surface area contributed by atoms with E-state index in [1.807, 2.05) is 243 Å². The standard InChI is InChI=1S/4C20H13O4P/c4*21-25(22)23-17-11-9-13-5-1-3-7-15(13)19(17)20-16-8-4-2-6-14(16)10-12-18(20)24-25/h4*1-12H,(H,21,22). The van der Waals surface area contributed by atoms with Gasteiger partial charge >= 0.3 is 31.3 Å². The van der Waals surface area contributed by atoms with Gasteiger partial charge in [0.15, 0.2) is 0 Å². The number of hydrogen-bond acceptors (Lipinski definition) is 12. The third kappa shape index (κ3) is 11.4. The lowest BCUT2D eigenvalue weighted by Crippen LogP contribution is -1.97. The lowest BCUT2D eigenvalue weighted by molar-refractivity contribution is 0.292. The van der Waals surface area contributed by atoms with Crippen molar-refractivity contribution in [3.8, 4) is 90.5 Å². The summed E-state index contributed by atoms with van der Waals surface area (Å²) in [5.74, 6) is 2.78. The number of benzene rings is 16. The van der Waals surface area contributed by atoms with Crippen LogP contribution in [0.5, 0.6) is 46.0 Å². The van der Waals surface area contributed by atoms with Crippen LogP contribution >= 0.6 is 31.3 Å². The van der Waals surface area contributed by atoms with Crippen LogP contribution < -0.4 is 36.2 Å². The molecular formula is C80H52O16P4. The Morgan fingerprint density at radius 2 is 0.270 bits per heavy atom. The van der Waals surface area contributed by atoms with E-state index in [0.717, 1.165) is 131 Å². The summed E-state index contributed by atoms with van der Waals surface area (Å²) in [7, 11) is -17.0. The van der Waals surface area contributed by atoms with Crippen molar-refractivity contribution in [1.82, 2.24) is 0 Å². The van der Waals surface area contributed by atoms with Gasteiger partial charge in [0.25, 0.3) is 0 Å². The highest BCUT2D eigenvalue weighted by atomic mass is 31.2. The van der Waals surface area contributed by atoms with Gasteiger partial charge < -0.3 is 36.2 Å². The first-order valence-corrected chi connectivity index (χ1v) is 37.5. The molecule has 4 heterocycles. The van der Waals surface area contributed by atoms with Gasteiger partial charge in [-0.2, -0.15) is 0 Å². The van der Waals surface area contributed by atoms with Gasteiger partial charge in [0.1, 0.15) is 46.0 Å². The van der Waals surface area contributed by atoms with Crippen molar-refractivity contribution >= 4 is 117 Å². The maximum absolute atomic E-state index is 12.4. The normalized spacial score (nSPS) is 14.9. The van der Waals surface area contributed by atoms with Crippen molar-refractivity contribution in [2.45, 2.75) is 0 Å². The first-order valence-electron chi connectivity index (χ1n) is 31.5. The van der Waals surface area contributed by atoms with E-state index in [4.69, 9.17) is 36.2 Å². The van der Waals surface area contributed by atoms with E-state index in [1.165, 1.54) is 0 Å². The van der Waals surface area contributed by atoms with Crippen molar-refractivity contribution < 1.29 is 74.0 Å². The molecule has 4 N–H and O–H groups in total. The summed E-state index contributed by atoms with van der Waals surface area (Å²) < 4.78 is 92.4. The second-order valence-electron chi connectivity index (χ2n) is 23.9. The molecule has 20 heteroatoms. The van der Waals surface area contributed by atoms with Gasteiger partial charge in [0.2, 0.25) is 0 Å². The average molecular weight is 1390 g/mol. The zero-order valence-electron chi connectivity index (χ0n) is 52.2. The molecule has 16 aromatic rings. The zero-order valence-corrected chi connectivity index (χ0v) is 55.8. The van der Waals surface area contributed by atoms with E-state index in [9.17, 15) is 37.8 Å². The molecule has 0 aromatic heterocycles. The monoisotopic (exact) mass is 1390 g/mol. The van der Waals surface area contributed by atoms with Crippen molar-refractivity contribution in [1.29, 1.82) is 0 Å². The predicted octanol–water partition coefficient (Wildman–Crippen LogP) is 22.1. The molecule has 4 aliphatic rings. The van der Waals surface area contributed by atoms with E-state index in [2.05, 4.69) is 0 Å². The fourth-order valence-electron chi connectivity index (χ4n) is 13.8. The summed E-state index contributed by atoms with van der Waals surface area (Å²) in [5, 5.41) is 15.8. The zero-order chi connectivity index (χ0) is 68.1. The molecular weight excluding hydrogens is 1340 g/mol. The summed E-state index contributed by atoms with van der Waals surface area (Å²) >= 11 is 0. The number of phosphoric acid groups is 4. The Morgan fingerprint density at radius 1 is 0.160 bits per heavy atom. The van der Waals surface area contributed by atoms with Crippen molar-refractivity contribution in [2.75, 3.05) is 0 Å². The van der Waals surface area contributed by atoms with Gasteiger partial charge in [-0.05, 0) is 135 Å². The van der Waals surface area contributed by atoms with Gasteiger partial charge in [-0.15, -0.1) is 0 Å². The second-order valence-corrected chi connectivity index (χ2v) is 29.1. The fraction of sp³-hybridized carbons (Fsp3) is 0. The molecule has 0 atom stereocenters. The van der Waals surface area contributed by atoms with Gasteiger partial charge in [-0.1, -0.05) is 243 Å². The SMILES string of the molecule is O=P1(O)Oc2ccc3ccccc3c2-c2c(ccc3ccccc23)O1.O=P1(O)Oc2ccc3ccccc3c2-c2c(ccc3ccccc23)O1.O=P1(O)Oc2ccc3ccccc3c2-c2c(ccc3ccccc23)O1.O=P1(O)Oc2ccc3ccccc3c2-c2c(ccc3ccccc23)O1. The highest BCUT2D eigenvalue weighted by Gasteiger charge is 2.38. The maximum atomic E-state index is 12.4. The van der Waals surface area contributed by atoms with E-state index in [1.54, 1.807) is 48.5 Å². The average Bonchev–Trinajstić information content (AvgIpc) is 1.55. The minimum Gasteiger partial charge on any atom is -0.395 e. The Hall–Kier alpha value is -11.2. The van der Waals surface area contributed by atoms with Crippen LogP contribution in [0, 0.1) is 0 Å². The molecule has 16 nitrogen and oxygen atoms in total. The summed E-state index contributed by atoms with van der Waals surface area (Å²) in [6.45, 7) is 0. The molecule has 488 valence electrons. The van der Waals surface area contributed by atoms with E-state index in [0.29, 0.717) is 46.0 Å². The molecule has 0 radical (unpaired) electrons. The number of phosphoric ester groups is 4. The summed E-state index contributed by atoms with van der Waals surface area (Å²) in [4.78, 5) is 40.4. The molecule has 0 unspecified atom stereocenters. The van der Waals surface area contributed by atoms with Gasteiger partial charge in [0, 0.05) is 44.5 Å². The van der Waals surface area contributed by atoms with Crippen LogP contribution in [0.4, 0.5) is 0 Å². The molecule has 16 aromatic carbocycles. The molecule has 0 saturated heterocycles. The van der Waals surface area contributed by atoms with Crippen LogP contribution in [0.1, 0.15) is 0 Å². The Balaban J connectivity index is 0.0000000997. The molecule has 0 aliphatic carbocycles. The first kappa shape index (κ1) is 62.3. The summed E-state index contributed by atoms with van der Waals surface area (Å²) in [5.41, 5.74) is 6.20. The molecule has 0 amide bonds. The van der Waals surface area contributed by atoms with Crippen LogP contribution in [0.2, 0.25) is 0 Å². The number of rotatable bonds is 0. The minimum absolute atomic E-state index is 0.347. The van der Waals surface area contributed by atoms with E-state index < -0.39 is 31.3 Å². The largest absolute Gasteiger partial charge is 0.584 e. The Kier molecular flexibility index (Phi) is 15.2. The van der Waals surface area contributed by atoms with Gasteiger partial charge in [-0.3, -0.25) is 19.6 Å². The third-order valence-electron chi connectivity index (χ3n) is 17.8. The molecule has 20 rings (SSSR count). The highest BCUT2D eigenvalue weighted by Crippen LogP contribution is 2.61. The molecule has 100 heavy (non-hydrogen) atoms. The number of hydrogen-bond donors (Lipinski definition) is 4. The minimum atomic E-state index is -4.25. The van der Waals surface area contributed by atoms with Crippen LogP contribution in [0.25, 0.3) is 131 Å². The van der Waals surface area contributed by atoms with Crippen LogP contribution in [0.3, 0.4) is 0 Å². The van der Waals surface area contributed by atoms with Crippen LogP contribution in [-0.2, 0) is 18.3 Å². The quantitative estimate of drug-likeness (QED) is 0.104. The maximum Gasteiger partial charge on any atom is 0.584 e. The lowest BCUT2D eigenvalue weighted by atomic mass is 9.92. The second kappa shape index (κ2) is 24.3. The summed E-state index contributed by atoms with van der Waals surface area (Å²) in [6.07, 6.45) is 0. The first-order chi connectivity index (χ1) is 48.5. The topological polar surface area (TPSA) is 223 Å². The molecule has 0 bridgehead atoms. The number of fused-ring (bicyclic) bond motifs is 28. The lowest BCUT2D eigenvalue weighted by Gasteiger charge is -2.13. The molecule has 0 saturated carbocycles. The smallest absolute Gasteiger partial charge is 0.395 e. The van der Waals surface area contributed by atoms with Crippen molar-refractivity contribution in [3.05, 3.63) is 291 Å². The van der Waals surface area contributed by atoms with Crippen molar-refractivity contribution in [3.63, 3.8) is 0 Å². The van der Waals surface area contributed by atoms with Crippen LogP contribution in [0.15, 0.2) is 291 Å². The molecule has 0 fully saturated rings. The van der Waals surface area contributed by atoms with Gasteiger partial charge in [-0.25, -0.2) is 18.3 Å². The van der Waals surface area contributed by atoms with E-state index >= 15 is 0 Å². The molecule has 0 spiro atoms. The molecule has 4 aliphatic heterocycles. The highest BCUT2D eigenvalue weighted by molar-refractivity contribution is 7.49. The Bertz CT molecular complexity index is 5190.